The maximum Gasteiger partial charge on any atom is 0.303 e. The normalized spacial score (nSPS) is 15.1. The van der Waals surface area contributed by atoms with E-state index in [0.717, 1.165) is 40.8 Å². The number of carbonyl (C=O) groups is 2. The molecule has 0 fully saturated rings. The fraction of sp³-hybridized carbons (Fsp3) is 0.185. The van der Waals surface area contributed by atoms with Crippen LogP contribution in [0.3, 0.4) is 0 Å². The standard InChI is InChI=1S/C27H24O4/c1-18-15-22(25(28)13-7-19-5-3-2-4-6-19)10-14-26(18)31-23-11-12-24-20(16-23)8-9-21(24)17-27(29)30/h2-7,10-16,21H,8-9,17H2,1H3,(H,29,30)/t21-/m0/s1. The summed E-state index contributed by atoms with van der Waals surface area (Å²) in [4.78, 5) is 23.6. The maximum absolute atomic E-state index is 12.5. The molecule has 4 rings (SSSR count). The van der Waals surface area contributed by atoms with Crippen molar-refractivity contribution in [2.24, 2.45) is 0 Å². The van der Waals surface area contributed by atoms with E-state index in [0.29, 0.717) is 11.3 Å². The number of aliphatic carboxylic acids is 1. The summed E-state index contributed by atoms with van der Waals surface area (Å²) in [5, 5.41) is 9.08. The van der Waals surface area contributed by atoms with Crippen molar-refractivity contribution in [3.8, 4) is 11.5 Å². The van der Waals surface area contributed by atoms with Gasteiger partial charge < -0.3 is 9.84 Å². The van der Waals surface area contributed by atoms with Crippen LogP contribution in [0.1, 0.15) is 51.4 Å². The fourth-order valence-corrected chi connectivity index (χ4v) is 4.04. The Morgan fingerprint density at radius 3 is 2.61 bits per heavy atom. The topological polar surface area (TPSA) is 63.6 Å². The van der Waals surface area contributed by atoms with E-state index in [1.54, 1.807) is 12.1 Å². The van der Waals surface area contributed by atoms with Gasteiger partial charge in [0.15, 0.2) is 5.78 Å². The molecule has 4 heteroatoms. The Kier molecular flexibility index (Phi) is 5.99. The van der Waals surface area contributed by atoms with Crippen LogP contribution in [0, 0.1) is 6.92 Å². The average molecular weight is 412 g/mol. The largest absolute Gasteiger partial charge is 0.481 e. The van der Waals surface area contributed by atoms with E-state index in [4.69, 9.17) is 9.84 Å². The van der Waals surface area contributed by atoms with Crippen LogP contribution in [0.4, 0.5) is 0 Å². The molecule has 3 aromatic rings. The molecular weight excluding hydrogens is 388 g/mol. The number of hydrogen-bond acceptors (Lipinski definition) is 3. The van der Waals surface area contributed by atoms with Crippen LogP contribution in [-0.4, -0.2) is 16.9 Å². The van der Waals surface area contributed by atoms with Crippen LogP contribution in [0.5, 0.6) is 11.5 Å². The zero-order chi connectivity index (χ0) is 21.8. The summed E-state index contributed by atoms with van der Waals surface area (Å²) in [5.41, 5.74) is 4.73. The summed E-state index contributed by atoms with van der Waals surface area (Å²) in [6, 6.07) is 21.0. The van der Waals surface area contributed by atoms with Gasteiger partial charge in [-0.05, 0) is 84.3 Å². The van der Waals surface area contributed by atoms with E-state index in [1.807, 2.05) is 73.7 Å². The lowest BCUT2D eigenvalue weighted by molar-refractivity contribution is -0.137. The molecular formula is C27H24O4. The van der Waals surface area contributed by atoms with Gasteiger partial charge in [0.1, 0.15) is 11.5 Å². The number of carbonyl (C=O) groups excluding carboxylic acids is 1. The number of carboxylic acid groups (broad SMARTS) is 1. The van der Waals surface area contributed by atoms with Crippen LogP contribution in [-0.2, 0) is 11.2 Å². The number of aryl methyl sites for hydroxylation is 2. The van der Waals surface area contributed by atoms with Crippen molar-refractivity contribution >= 4 is 17.8 Å². The third-order valence-electron chi connectivity index (χ3n) is 5.65. The number of allylic oxidation sites excluding steroid dienone is 1. The molecule has 0 radical (unpaired) electrons. The number of hydrogen-bond donors (Lipinski definition) is 1. The van der Waals surface area contributed by atoms with Gasteiger partial charge in [-0.2, -0.15) is 0 Å². The summed E-state index contributed by atoms with van der Waals surface area (Å²) >= 11 is 0. The summed E-state index contributed by atoms with van der Waals surface area (Å²) in [6.45, 7) is 1.92. The SMILES string of the molecule is Cc1cc(C(=O)C=Cc2ccccc2)ccc1Oc1ccc2c(c1)CC[C@H]2CC(=O)O. The highest BCUT2D eigenvalue weighted by Crippen LogP contribution is 2.38. The zero-order valence-electron chi connectivity index (χ0n) is 17.4. The molecule has 0 saturated heterocycles. The van der Waals surface area contributed by atoms with Gasteiger partial charge >= 0.3 is 5.97 Å². The summed E-state index contributed by atoms with van der Waals surface area (Å²) in [7, 11) is 0. The quantitative estimate of drug-likeness (QED) is 0.371. The predicted octanol–water partition coefficient (Wildman–Crippen LogP) is 6.19. The van der Waals surface area contributed by atoms with Gasteiger partial charge in [-0.15, -0.1) is 0 Å². The molecule has 1 aliphatic carbocycles. The van der Waals surface area contributed by atoms with Crippen molar-refractivity contribution in [1.82, 2.24) is 0 Å². The van der Waals surface area contributed by atoms with Gasteiger partial charge in [-0.25, -0.2) is 0 Å². The van der Waals surface area contributed by atoms with Gasteiger partial charge in [-0.3, -0.25) is 9.59 Å². The highest BCUT2D eigenvalue weighted by Gasteiger charge is 2.25. The molecule has 0 heterocycles. The first-order valence-corrected chi connectivity index (χ1v) is 10.4. The fourth-order valence-electron chi connectivity index (χ4n) is 4.04. The molecule has 1 N–H and O–H groups in total. The van der Waals surface area contributed by atoms with E-state index in [2.05, 4.69) is 0 Å². The highest BCUT2D eigenvalue weighted by molar-refractivity contribution is 6.07. The summed E-state index contributed by atoms with van der Waals surface area (Å²) in [6.07, 6.45) is 5.28. The number of ketones is 1. The van der Waals surface area contributed by atoms with Crippen LogP contribution in [0.15, 0.2) is 72.8 Å². The van der Waals surface area contributed by atoms with Gasteiger partial charge in [-0.1, -0.05) is 42.5 Å². The second-order valence-corrected chi connectivity index (χ2v) is 7.88. The van der Waals surface area contributed by atoms with E-state index in [1.165, 1.54) is 0 Å². The molecule has 0 unspecified atom stereocenters. The molecule has 0 bridgehead atoms. The lowest BCUT2D eigenvalue weighted by Crippen LogP contribution is -2.03. The van der Waals surface area contributed by atoms with Crippen molar-refractivity contribution in [3.05, 3.63) is 101 Å². The Morgan fingerprint density at radius 2 is 1.87 bits per heavy atom. The van der Waals surface area contributed by atoms with E-state index in [-0.39, 0.29) is 18.1 Å². The molecule has 156 valence electrons. The van der Waals surface area contributed by atoms with Crippen molar-refractivity contribution in [3.63, 3.8) is 0 Å². The molecule has 1 atom stereocenters. The smallest absolute Gasteiger partial charge is 0.303 e. The minimum Gasteiger partial charge on any atom is -0.481 e. The Morgan fingerprint density at radius 1 is 1.06 bits per heavy atom. The monoisotopic (exact) mass is 412 g/mol. The van der Waals surface area contributed by atoms with Crippen LogP contribution >= 0.6 is 0 Å². The number of benzene rings is 3. The van der Waals surface area contributed by atoms with Crippen molar-refractivity contribution in [2.45, 2.75) is 32.1 Å². The lowest BCUT2D eigenvalue weighted by atomic mass is 9.98. The summed E-state index contributed by atoms with van der Waals surface area (Å²) in [5.74, 6) is 0.685. The molecule has 0 saturated carbocycles. The summed E-state index contributed by atoms with van der Waals surface area (Å²) < 4.78 is 6.07. The van der Waals surface area contributed by atoms with E-state index >= 15 is 0 Å². The van der Waals surface area contributed by atoms with Crippen LogP contribution in [0.2, 0.25) is 0 Å². The molecule has 0 aromatic heterocycles. The minimum absolute atomic E-state index is 0.0551. The molecule has 4 nitrogen and oxygen atoms in total. The second-order valence-electron chi connectivity index (χ2n) is 7.88. The number of rotatable bonds is 7. The second kappa shape index (κ2) is 9.00. The molecule has 31 heavy (non-hydrogen) atoms. The predicted molar refractivity (Wildman–Crippen MR) is 121 cm³/mol. The average Bonchev–Trinajstić information content (AvgIpc) is 3.15. The number of carboxylic acids is 1. The van der Waals surface area contributed by atoms with E-state index in [9.17, 15) is 9.59 Å². The lowest BCUT2D eigenvalue weighted by Gasteiger charge is -2.12. The Hall–Kier alpha value is -3.66. The Labute approximate surface area is 181 Å². The number of ether oxygens (including phenoxy) is 1. The molecule has 3 aromatic carbocycles. The van der Waals surface area contributed by atoms with Crippen molar-refractivity contribution < 1.29 is 19.4 Å². The van der Waals surface area contributed by atoms with Gasteiger partial charge in [0.05, 0.1) is 6.42 Å². The third kappa shape index (κ3) is 4.92. The van der Waals surface area contributed by atoms with Gasteiger partial charge in [0, 0.05) is 5.56 Å². The van der Waals surface area contributed by atoms with Crippen LogP contribution in [0.25, 0.3) is 6.08 Å². The molecule has 0 aliphatic heterocycles. The minimum atomic E-state index is -0.762. The maximum atomic E-state index is 12.5. The molecule has 0 spiro atoms. The van der Waals surface area contributed by atoms with Crippen molar-refractivity contribution in [1.29, 1.82) is 0 Å². The zero-order valence-corrected chi connectivity index (χ0v) is 17.4. The van der Waals surface area contributed by atoms with Gasteiger partial charge in [0.2, 0.25) is 0 Å². The highest BCUT2D eigenvalue weighted by atomic mass is 16.5. The molecule has 1 aliphatic rings. The Balaban J connectivity index is 1.46. The van der Waals surface area contributed by atoms with Crippen LogP contribution < -0.4 is 4.74 Å². The van der Waals surface area contributed by atoms with Crippen molar-refractivity contribution in [2.75, 3.05) is 0 Å². The first-order valence-electron chi connectivity index (χ1n) is 10.4. The van der Waals surface area contributed by atoms with Gasteiger partial charge in [0.25, 0.3) is 0 Å². The Bertz CT molecular complexity index is 1150. The molecule has 0 amide bonds. The van der Waals surface area contributed by atoms with E-state index < -0.39 is 5.97 Å². The first kappa shape index (κ1) is 20.6. The third-order valence-corrected chi connectivity index (χ3v) is 5.65. The first-order chi connectivity index (χ1) is 15.0. The number of fused-ring (bicyclic) bond motifs is 1.